The molecule has 1 aliphatic heterocycles. The molecule has 3 heterocycles. The van der Waals surface area contributed by atoms with Gasteiger partial charge in [0.05, 0.1) is 11.6 Å². The number of carbonyl (C=O) groups is 1. The minimum absolute atomic E-state index is 0.107. The molecule has 2 aromatic heterocycles. The van der Waals surface area contributed by atoms with Crippen LogP contribution in [0.25, 0.3) is 11.0 Å². The molecule has 0 radical (unpaired) electrons. The largest absolute Gasteiger partial charge is 0.347 e. The third-order valence-corrected chi connectivity index (χ3v) is 4.79. The summed E-state index contributed by atoms with van der Waals surface area (Å²) in [4.78, 5) is 25.6. The minimum atomic E-state index is -0.243. The van der Waals surface area contributed by atoms with Gasteiger partial charge >= 0.3 is 0 Å². The van der Waals surface area contributed by atoms with E-state index in [-0.39, 0.29) is 11.9 Å². The van der Waals surface area contributed by atoms with Crippen LogP contribution in [0.3, 0.4) is 0 Å². The van der Waals surface area contributed by atoms with Gasteiger partial charge in [-0.05, 0) is 25.0 Å². The van der Waals surface area contributed by atoms with Crippen LogP contribution in [0.1, 0.15) is 12.8 Å². The fourth-order valence-electron chi connectivity index (χ4n) is 3.46. The Labute approximate surface area is 145 Å². The second kappa shape index (κ2) is 6.16. The van der Waals surface area contributed by atoms with Gasteiger partial charge in [-0.2, -0.15) is 5.10 Å². The van der Waals surface area contributed by atoms with E-state index in [0.29, 0.717) is 0 Å². The first-order valence-corrected chi connectivity index (χ1v) is 8.39. The topological polar surface area (TPSA) is 67.2 Å². The average Bonchev–Trinajstić information content (AvgIpc) is 3.03. The van der Waals surface area contributed by atoms with E-state index in [1.165, 1.54) is 6.33 Å². The van der Waals surface area contributed by atoms with Gasteiger partial charge in [0.2, 0.25) is 5.91 Å². The number of hydrogen-bond acceptors (Lipinski definition) is 5. The molecule has 1 aliphatic rings. The summed E-state index contributed by atoms with van der Waals surface area (Å²) >= 11 is 0. The Morgan fingerprint density at radius 3 is 2.80 bits per heavy atom. The molecular formula is C18H20N6O. The van der Waals surface area contributed by atoms with Crippen LogP contribution in [0.5, 0.6) is 0 Å². The van der Waals surface area contributed by atoms with Crippen molar-refractivity contribution in [2.24, 2.45) is 7.05 Å². The Morgan fingerprint density at radius 2 is 2.00 bits per heavy atom. The number of para-hydroxylation sites is 1. The van der Waals surface area contributed by atoms with E-state index in [2.05, 4.69) is 15.1 Å². The third-order valence-electron chi connectivity index (χ3n) is 4.79. The van der Waals surface area contributed by atoms with Crippen molar-refractivity contribution in [2.75, 3.05) is 23.4 Å². The van der Waals surface area contributed by atoms with Crippen LogP contribution in [-0.2, 0) is 11.8 Å². The van der Waals surface area contributed by atoms with Gasteiger partial charge in [0.25, 0.3) is 0 Å². The van der Waals surface area contributed by atoms with Crippen molar-refractivity contribution in [1.29, 1.82) is 0 Å². The normalized spacial score (nSPS) is 17.9. The summed E-state index contributed by atoms with van der Waals surface area (Å²) in [7, 11) is 3.77. The fourth-order valence-corrected chi connectivity index (χ4v) is 3.46. The zero-order valence-electron chi connectivity index (χ0n) is 14.3. The van der Waals surface area contributed by atoms with Gasteiger partial charge in [-0.1, -0.05) is 18.2 Å². The standard InChI is InChI=1S/C18H20N6O/c1-22(16-14-11-21-23(2)17(14)20-12-19-16)15-9-6-10-24(18(15)25)13-7-4-3-5-8-13/h3-5,7-8,11-12,15H,6,9-10H2,1-2H3/t15-/m1/s1. The maximum Gasteiger partial charge on any atom is 0.249 e. The van der Waals surface area contributed by atoms with Crippen LogP contribution in [0.2, 0.25) is 0 Å². The summed E-state index contributed by atoms with van der Waals surface area (Å²) in [5, 5.41) is 5.12. The number of aryl methyl sites for hydroxylation is 1. The number of nitrogens with zero attached hydrogens (tertiary/aromatic N) is 6. The minimum Gasteiger partial charge on any atom is -0.347 e. The van der Waals surface area contributed by atoms with E-state index in [0.717, 1.165) is 41.9 Å². The predicted octanol–water partition coefficient (Wildman–Crippen LogP) is 2.00. The van der Waals surface area contributed by atoms with Gasteiger partial charge in [-0.25, -0.2) is 9.97 Å². The van der Waals surface area contributed by atoms with Gasteiger partial charge in [0.1, 0.15) is 18.2 Å². The molecule has 25 heavy (non-hydrogen) atoms. The van der Waals surface area contributed by atoms with Crippen molar-refractivity contribution in [3.8, 4) is 0 Å². The van der Waals surface area contributed by atoms with Gasteiger partial charge < -0.3 is 9.80 Å². The molecule has 0 saturated carbocycles. The molecule has 4 rings (SSSR count). The average molecular weight is 336 g/mol. The van der Waals surface area contributed by atoms with Crippen molar-refractivity contribution in [3.63, 3.8) is 0 Å². The number of hydrogen-bond donors (Lipinski definition) is 0. The van der Waals surface area contributed by atoms with Crippen LogP contribution < -0.4 is 9.80 Å². The van der Waals surface area contributed by atoms with Gasteiger partial charge in [0, 0.05) is 26.3 Å². The van der Waals surface area contributed by atoms with Crippen molar-refractivity contribution in [1.82, 2.24) is 19.7 Å². The number of rotatable bonds is 3. The van der Waals surface area contributed by atoms with Gasteiger partial charge in [-0.15, -0.1) is 0 Å². The lowest BCUT2D eigenvalue weighted by molar-refractivity contribution is -0.120. The highest BCUT2D eigenvalue weighted by Gasteiger charge is 2.33. The molecule has 128 valence electrons. The lowest BCUT2D eigenvalue weighted by atomic mass is 10.0. The number of carbonyl (C=O) groups excluding carboxylic acids is 1. The quantitative estimate of drug-likeness (QED) is 0.732. The van der Waals surface area contributed by atoms with Crippen LogP contribution in [0, 0.1) is 0 Å². The summed E-state index contributed by atoms with van der Waals surface area (Å²) in [6.07, 6.45) is 5.04. The lowest BCUT2D eigenvalue weighted by Gasteiger charge is -2.37. The van der Waals surface area contributed by atoms with Crippen molar-refractivity contribution < 1.29 is 4.79 Å². The Bertz CT molecular complexity index is 906. The Balaban J connectivity index is 1.67. The van der Waals surface area contributed by atoms with E-state index < -0.39 is 0 Å². The van der Waals surface area contributed by atoms with Crippen LogP contribution in [-0.4, -0.2) is 45.3 Å². The van der Waals surface area contributed by atoms with E-state index >= 15 is 0 Å². The maximum atomic E-state index is 13.1. The van der Waals surface area contributed by atoms with Crippen LogP contribution >= 0.6 is 0 Å². The number of likely N-dealkylation sites (N-methyl/N-ethyl adjacent to an activating group) is 1. The SMILES string of the molecule is CN(c1ncnc2c1cnn2C)[C@@H]1CCCN(c2ccccc2)C1=O. The molecule has 1 atom stereocenters. The van der Waals surface area contributed by atoms with E-state index in [1.807, 2.05) is 54.2 Å². The summed E-state index contributed by atoms with van der Waals surface area (Å²) in [6, 6.07) is 9.59. The maximum absolute atomic E-state index is 13.1. The summed E-state index contributed by atoms with van der Waals surface area (Å²) in [5.41, 5.74) is 1.71. The van der Waals surface area contributed by atoms with Gasteiger partial charge in [-0.3, -0.25) is 9.48 Å². The Morgan fingerprint density at radius 1 is 1.20 bits per heavy atom. The number of piperidine rings is 1. The van der Waals surface area contributed by atoms with Crippen molar-refractivity contribution in [2.45, 2.75) is 18.9 Å². The van der Waals surface area contributed by atoms with E-state index in [9.17, 15) is 4.79 Å². The molecule has 3 aromatic rings. The highest BCUT2D eigenvalue weighted by atomic mass is 16.2. The molecule has 1 aromatic carbocycles. The Kier molecular flexibility index (Phi) is 3.83. The zero-order chi connectivity index (χ0) is 17.4. The van der Waals surface area contributed by atoms with E-state index in [4.69, 9.17) is 0 Å². The molecule has 7 heteroatoms. The first kappa shape index (κ1) is 15.6. The molecule has 0 unspecified atom stereocenters. The second-order valence-corrected chi connectivity index (χ2v) is 6.30. The number of anilines is 2. The lowest BCUT2D eigenvalue weighted by Crippen LogP contribution is -2.51. The van der Waals surface area contributed by atoms with Crippen LogP contribution in [0.15, 0.2) is 42.9 Å². The summed E-state index contributed by atoms with van der Waals surface area (Å²) < 4.78 is 1.72. The molecule has 1 amide bonds. The molecular weight excluding hydrogens is 316 g/mol. The molecule has 0 bridgehead atoms. The fraction of sp³-hybridized carbons (Fsp3) is 0.333. The highest BCUT2D eigenvalue weighted by Crippen LogP contribution is 2.28. The van der Waals surface area contributed by atoms with Crippen LogP contribution in [0.4, 0.5) is 11.5 Å². The molecule has 0 N–H and O–H groups in total. The molecule has 1 saturated heterocycles. The third kappa shape index (κ3) is 2.61. The Hall–Kier alpha value is -2.96. The number of amides is 1. The molecule has 1 fully saturated rings. The van der Waals surface area contributed by atoms with Gasteiger partial charge in [0.15, 0.2) is 5.65 Å². The second-order valence-electron chi connectivity index (χ2n) is 6.30. The monoisotopic (exact) mass is 336 g/mol. The number of fused-ring (bicyclic) bond motifs is 1. The molecule has 7 nitrogen and oxygen atoms in total. The smallest absolute Gasteiger partial charge is 0.249 e. The predicted molar refractivity (Wildman–Crippen MR) is 96.5 cm³/mol. The van der Waals surface area contributed by atoms with Crippen molar-refractivity contribution in [3.05, 3.63) is 42.9 Å². The number of aromatic nitrogens is 4. The number of benzene rings is 1. The first-order valence-electron chi connectivity index (χ1n) is 8.39. The molecule has 0 spiro atoms. The summed E-state index contributed by atoms with van der Waals surface area (Å²) in [5.74, 6) is 0.849. The zero-order valence-corrected chi connectivity index (χ0v) is 14.3. The van der Waals surface area contributed by atoms with Crippen molar-refractivity contribution >= 4 is 28.4 Å². The highest BCUT2D eigenvalue weighted by molar-refractivity contribution is 6.00. The first-order chi connectivity index (χ1) is 12.2. The molecule has 0 aliphatic carbocycles. The summed E-state index contributed by atoms with van der Waals surface area (Å²) in [6.45, 7) is 0.749. The van der Waals surface area contributed by atoms with E-state index in [1.54, 1.807) is 10.9 Å².